The SMILES string of the molecule is CCN(CC)C(=O)c1ccc2c(c1OCc1ccccc1)OCO2. The van der Waals surface area contributed by atoms with Crippen LogP contribution in [0.3, 0.4) is 0 Å². The Morgan fingerprint density at radius 2 is 1.83 bits per heavy atom. The molecule has 5 heteroatoms. The molecule has 0 N–H and O–H groups in total. The highest BCUT2D eigenvalue weighted by Gasteiger charge is 2.27. The molecule has 0 unspecified atom stereocenters. The third-order valence-electron chi connectivity index (χ3n) is 4.00. The van der Waals surface area contributed by atoms with E-state index >= 15 is 0 Å². The van der Waals surface area contributed by atoms with Gasteiger partial charge in [-0.1, -0.05) is 30.3 Å². The first-order valence-electron chi connectivity index (χ1n) is 8.13. The van der Waals surface area contributed by atoms with Crippen LogP contribution in [0, 0.1) is 0 Å². The lowest BCUT2D eigenvalue weighted by atomic mass is 10.1. The molecule has 0 bridgehead atoms. The Morgan fingerprint density at radius 3 is 2.54 bits per heavy atom. The average Bonchev–Trinajstić information content (AvgIpc) is 3.10. The van der Waals surface area contributed by atoms with Crippen LogP contribution in [0.15, 0.2) is 42.5 Å². The zero-order chi connectivity index (χ0) is 16.9. The quantitative estimate of drug-likeness (QED) is 0.815. The van der Waals surface area contributed by atoms with Crippen LogP contribution in [0.5, 0.6) is 17.2 Å². The van der Waals surface area contributed by atoms with Crippen LogP contribution in [0.2, 0.25) is 0 Å². The summed E-state index contributed by atoms with van der Waals surface area (Å²) in [5.74, 6) is 1.49. The van der Waals surface area contributed by atoms with Crippen molar-refractivity contribution in [1.82, 2.24) is 4.90 Å². The summed E-state index contributed by atoms with van der Waals surface area (Å²) < 4.78 is 16.9. The molecule has 5 nitrogen and oxygen atoms in total. The van der Waals surface area contributed by atoms with Gasteiger partial charge in [-0.25, -0.2) is 0 Å². The highest BCUT2D eigenvalue weighted by Crippen LogP contribution is 2.44. The zero-order valence-corrected chi connectivity index (χ0v) is 14.0. The molecule has 0 saturated carbocycles. The number of carbonyl (C=O) groups excluding carboxylic acids is 1. The Morgan fingerprint density at radius 1 is 1.08 bits per heavy atom. The Kier molecular flexibility index (Phi) is 4.89. The van der Waals surface area contributed by atoms with Crippen molar-refractivity contribution in [1.29, 1.82) is 0 Å². The Hall–Kier alpha value is -2.69. The minimum absolute atomic E-state index is 0.0682. The van der Waals surface area contributed by atoms with E-state index in [0.717, 1.165) is 5.56 Å². The van der Waals surface area contributed by atoms with Crippen molar-refractivity contribution >= 4 is 5.91 Å². The molecule has 0 spiro atoms. The Balaban J connectivity index is 1.93. The van der Waals surface area contributed by atoms with Crippen LogP contribution in [0.1, 0.15) is 29.8 Å². The van der Waals surface area contributed by atoms with Crippen molar-refractivity contribution in [2.24, 2.45) is 0 Å². The number of hydrogen-bond acceptors (Lipinski definition) is 4. The van der Waals surface area contributed by atoms with Crippen LogP contribution in [0.25, 0.3) is 0 Å². The summed E-state index contributed by atoms with van der Waals surface area (Å²) in [7, 11) is 0. The molecule has 24 heavy (non-hydrogen) atoms. The van der Waals surface area contributed by atoms with E-state index in [1.807, 2.05) is 44.2 Å². The molecule has 0 radical (unpaired) electrons. The third-order valence-corrected chi connectivity index (χ3v) is 4.00. The number of benzene rings is 2. The summed E-state index contributed by atoms with van der Waals surface area (Å²) in [5, 5.41) is 0. The molecule has 0 aromatic heterocycles. The molecule has 1 heterocycles. The van der Waals surface area contributed by atoms with Gasteiger partial charge in [0.15, 0.2) is 11.5 Å². The van der Waals surface area contributed by atoms with Gasteiger partial charge in [0.05, 0.1) is 5.56 Å². The normalized spacial score (nSPS) is 12.1. The standard InChI is InChI=1S/C19H21NO4/c1-3-20(4-2)19(21)15-10-11-16-18(24-13-23-16)17(15)22-12-14-8-6-5-7-9-14/h5-11H,3-4,12-13H2,1-2H3. The second kappa shape index (κ2) is 7.25. The molecule has 1 aliphatic heterocycles. The van der Waals surface area contributed by atoms with Gasteiger partial charge >= 0.3 is 0 Å². The third kappa shape index (κ3) is 3.15. The van der Waals surface area contributed by atoms with Crippen LogP contribution < -0.4 is 14.2 Å². The predicted octanol–water partition coefficient (Wildman–Crippen LogP) is 3.48. The van der Waals surface area contributed by atoms with Crippen LogP contribution in [-0.4, -0.2) is 30.7 Å². The first kappa shape index (κ1) is 16.2. The molecule has 1 amide bonds. The van der Waals surface area contributed by atoms with E-state index < -0.39 is 0 Å². The van der Waals surface area contributed by atoms with E-state index in [2.05, 4.69) is 0 Å². The second-order valence-corrected chi connectivity index (χ2v) is 5.43. The van der Waals surface area contributed by atoms with Gasteiger partial charge in [0.2, 0.25) is 12.5 Å². The number of carbonyl (C=O) groups is 1. The van der Waals surface area contributed by atoms with Crippen molar-refractivity contribution in [2.45, 2.75) is 20.5 Å². The van der Waals surface area contributed by atoms with E-state index in [0.29, 0.717) is 42.5 Å². The Labute approximate surface area is 141 Å². The van der Waals surface area contributed by atoms with Gasteiger partial charge in [-0.15, -0.1) is 0 Å². The zero-order valence-electron chi connectivity index (χ0n) is 14.0. The first-order valence-corrected chi connectivity index (χ1v) is 8.13. The van der Waals surface area contributed by atoms with Gasteiger partial charge in [-0.2, -0.15) is 0 Å². The minimum Gasteiger partial charge on any atom is -0.484 e. The van der Waals surface area contributed by atoms with Crippen LogP contribution >= 0.6 is 0 Å². The van der Waals surface area contributed by atoms with Crippen LogP contribution in [0.4, 0.5) is 0 Å². The molecule has 3 rings (SSSR count). The molecular weight excluding hydrogens is 306 g/mol. The fourth-order valence-electron chi connectivity index (χ4n) is 2.67. The lowest BCUT2D eigenvalue weighted by Crippen LogP contribution is -2.30. The van der Waals surface area contributed by atoms with Gasteiger partial charge in [-0.05, 0) is 31.5 Å². The van der Waals surface area contributed by atoms with Crippen molar-refractivity contribution in [3.05, 3.63) is 53.6 Å². The van der Waals surface area contributed by atoms with Crippen molar-refractivity contribution in [2.75, 3.05) is 19.9 Å². The van der Waals surface area contributed by atoms with Gasteiger partial charge in [0.25, 0.3) is 5.91 Å². The summed E-state index contributed by atoms with van der Waals surface area (Å²) in [6, 6.07) is 13.3. The molecule has 0 fully saturated rings. The summed E-state index contributed by atoms with van der Waals surface area (Å²) >= 11 is 0. The lowest BCUT2D eigenvalue weighted by molar-refractivity contribution is 0.0767. The molecule has 1 aliphatic rings. The van der Waals surface area contributed by atoms with E-state index in [-0.39, 0.29) is 12.7 Å². The van der Waals surface area contributed by atoms with Gasteiger partial charge in [0, 0.05) is 13.1 Å². The second-order valence-electron chi connectivity index (χ2n) is 5.43. The minimum atomic E-state index is -0.0682. The fourth-order valence-corrected chi connectivity index (χ4v) is 2.67. The summed E-state index contributed by atoms with van der Waals surface area (Å²) in [5.41, 5.74) is 1.52. The molecule has 0 aliphatic carbocycles. The Bertz CT molecular complexity index is 711. The van der Waals surface area contributed by atoms with E-state index in [1.165, 1.54) is 0 Å². The fraction of sp³-hybridized carbons (Fsp3) is 0.316. The number of rotatable bonds is 6. The van der Waals surface area contributed by atoms with E-state index in [4.69, 9.17) is 14.2 Å². The topological polar surface area (TPSA) is 48.0 Å². The summed E-state index contributed by atoms with van der Waals surface area (Å²) in [4.78, 5) is 14.5. The van der Waals surface area contributed by atoms with Crippen molar-refractivity contribution in [3.8, 4) is 17.2 Å². The molecule has 126 valence electrons. The summed E-state index contributed by atoms with van der Waals surface area (Å²) in [6.45, 7) is 5.70. The monoisotopic (exact) mass is 327 g/mol. The summed E-state index contributed by atoms with van der Waals surface area (Å²) in [6.07, 6.45) is 0. The highest BCUT2D eigenvalue weighted by molar-refractivity contribution is 5.98. The van der Waals surface area contributed by atoms with Crippen molar-refractivity contribution in [3.63, 3.8) is 0 Å². The van der Waals surface area contributed by atoms with Gasteiger partial charge in [-0.3, -0.25) is 4.79 Å². The number of hydrogen-bond donors (Lipinski definition) is 0. The maximum absolute atomic E-state index is 12.8. The average molecular weight is 327 g/mol. The number of nitrogens with zero attached hydrogens (tertiary/aromatic N) is 1. The van der Waals surface area contributed by atoms with Crippen molar-refractivity contribution < 1.29 is 19.0 Å². The van der Waals surface area contributed by atoms with E-state index in [9.17, 15) is 4.79 Å². The first-order chi connectivity index (χ1) is 11.7. The molecular formula is C19H21NO4. The number of ether oxygens (including phenoxy) is 3. The number of fused-ring (bicyclic) bond motifs is 1. The number of amides is 1. The molecule has 2 aromatic rings. The molecule has 0 saturated heterocycles. The predicted molar refractivity (Wildman–Crippen MR) is 90.6 cm³/mol. The maximum Gasteiger partial charge on any atom is 0.257 e. The lowest BCUT2D eigenvalue weighted by Gasteiger charge is -2.21. The van der Waals surface area contributed by atoms with Crippen LogP contribution in [-0.2, 0) is 6.61 Å². The highest BCUT2D eigenvalue weighted by atomic mass is 16.7. The smallest absolute Gasteiger partial charge is 0.257 e. The maximum atomic E-state index is 12.8. The molecule has 2 aromatic carbocycles. The largest absolute Gasteiger partial charge is 0.484 e. The molecule has 0 atom stereocenters. The van der Waals surface area contributed by atoms with Gasteiger partial charge < -0.3 is 19.1 Å². The van der Waals surface area contributed by atoms with Gasteiger partial charge in [0.1, 0.15) is 6.61 Å². The van der Waals surface area contributed by atoms with E-state index in [1.54, 1.807) is 17.0 Å².